The summed E-state index contributed by atoms with van der Waals surface area (Å²) in [5.74, 6) is -0.559. The Kier molecular flexibility index (Phi) is 4.35. The lowest BCUT2D eigenvalue weighted by atomic mass is 9.97. The second-order valence-electron chi connectivity index (χ2n) is 3.63. The molecule has 0 aromatic carbocycles. The lowest BCUT2D eigenvalue weighted by Crippen LogP contribution is -2.46. The molecule has 2 atom stereocenters. The van der Waals surface area contributed by atoms with E-state index in [1.165, 1.54) is 0 Å². The van der Waals surface area contributed by atoms with E-state index in [1.54, 1.807) is 0 Å². The molecule has 0 spiro atoms. The third-order valence-electron chi connectivity index (χ3n) is 2.87. The molecule has 1 heterocycles. The lowest BCUT2D eigenvalue weighted by Gasteiger charge is -2.29. The summed E-state index contributed by atoms with van der Waals surface area (Å²) in [6.07, 6.45) is 0.869. The molecule has 1 N–H and O–H groups in total. The van der Waals surface area contributed by atoms with E-state index in [0.29, 0.717) is 13.2 Å². The molecule has 4 nitrogen and oxygen atoms in total. The quantitative estimate of drug-likeness (QED) is 0.715. The smallest absolute Gasteiger partial charge is 0.321 e. The normalized spacial score (nSPS) is 24.1. The molecule has 1 aliphatic heterocycles. The van der Waals surface area contributed by atoms with Gasteiger partial charge in [0.25, 0.3) is 0 Å². The lowest BCUT2D eigenvalue weighted by molar-refractivity contribution is -0.145. The highest BCUT2D eigenvalue weighted by Crippen LogP contribution is 2.21. The monoisotopic (exact) mass is 201 g/mol. The van der Waals surface area contributed by atoms with Crippen LogP contribution in [-0.2, 0) is 9.53 Å². The number of likely N-dealkylation sites (N-methyl/N-ethyl adjacent to an activating group) is 1. The number of hydrogen-bond acceptors (Lipinski definition) is 3. The van der Waals surface area contributed by atoms with Crippen molar-refractivity contribution in [3.63, 3.8) is 0 Å². The van der Waals surface area contributed by atoms with Crippen molar-refractivity contribution in [2.45, 2.75) is 26.3 Å². The van der Waals surface area contributed by atoms with Gasteiger partial charge in [0.1, 0.15) is 6.04 Å². The minimum atomic E-state index is -0.718. The first kappa shape index (κ1) is 11.5. The highest BCUT2D eigenvalue weighted by molar-refractivity contribution is 5.74. The van der Waals surface area contributed by atoms with E-state index in [9.17, 15) is 4.79 Å². The zero-order valence-electron chi connectivity index (χ0n) is 8.90. The molecule has 0 saturated carbocycles. The van der Waals surface area contributed by atoms with E-state index in [-0.39, 0.29) is 12.0 Å². The number of rotatable bonds is 5. The summed E-state index contributed by atoms with van der Waals surface area (Å²) in [7, 11) is 0. The molecule has 1 saturated heterocycles. The maximum absolute atomic E-state index is 11.1. The van der Waals surface area contributed by atoms with Gasteiger partial charge in [-0.05, 0) is 19.5 Å². The number of ether oxygens (including phenoxy) is 1. The highest BCUT2D eigenvalue weighted by atomic mass is 16.5. The number of carboxylic acids is 1. The van der Waals surface area contributed by atoms with Gasteiger partial charge in [0.05, 0.1) is 6.61 Å². The van der Waals surface area contributed by atoms with Gasteiger partial charge in [-0.15, -0.1) is 0 Å². The summed E-state index contributed by atoms with van der Waals surface area (Å²) in [6.45, 7) is 6.85. The van der Waals surface area contributed by atoms with Crippen LogP contribution in [0.25, 0.3) is 0 Å². The fourth-order valence-corrected chi connectivity index (χ4v) is 2.07. The van der Waals surface area contributed by atoms with Gasteiger partial charge in [0.15, 0.2) is 0 Å². The first-order valence-electron chi connectivity index (χ1n) is 5.25. The van der Waals surface area contributed by atoms with E-state index in [4.69, 9.17) is 9.84 Å². The molecule has 0 amide bonds. The Morgan fingerprint density at radius 2 is 2.21 bits per heavy atom. The van der Waals surface area contributed by atoms with E-state index in [0.717, 1.165) is 19.5 Å². The van der Waals surface area contributed by atoms with Crippen LogP contribution in [-0.4, -0.2) is 48.3 Å². The molecular formula is C10H19NO3. The first-order chi connectivity index (χ1) is 6.70. The fourth-order valence-electron chi connectivity index (χ4n) is 2.07. The van der Waals surface area contributed by atoms with Crippen LogP contribution in [0.2, 0.25) is 0 Å². The molecular weight excluding hydrogens is 182 g/mol. The largest absolute Gasteiger partial charge is 0.480 e. The number of carbonyl (C=O) groups is 1. The van der Waals surface area contributed by atoms with Crippen molar-refractivity contribution in [1.82, 2.24) is 4.90 Å². The molecule has 14 heavy (non-hydrogen) atoms. The second kappa shape index (κ2) is 5.32. The van der Waals surface area contributed by atoms with E-state index in [2.05, 4.69) is 0 Å². The Morgan fingerprint density at radius 1 is 1.57 bits per heavy atom. The van der Waals surface area contributed by atoms with Gasteiger partial charge in [-0.3, -0.25) is 9.69 Å². The van der Waals surface area contributed by atoms with Gasteiger partial charge >= 0.3 is 5.97 Å². The summed E-state index contributed by atoms with van der Waals surface area (Å²) in [6, 6.07) is -0.368. The molecule has 0 aliphatic carbocycles. The number of carboxylic acid groups (broad SMARTS) is 1. The number of nitrogens with zero attached hydrogens (tertiary/aromatic N) is 1. The average Bonchev–Trinajstić information content (AvgIpc) is 2.65. The van der Waals surface area contributed by atoms with Gasteiger partial charge in [-0.1, -0.05) is 13.8 Å². The summed E-state index contributed by atoms with van der Waals surface area (Å²) in [5.41, 5.74) is 0. The van der Waals surface area contributed by atoms with E-state index < -0.39 is 5.97 Å². The first-order valence-corrected chi connectivity index (χ1v) is 5.25. The van der Waals surface area contributed by atoms with E-state index >= 15 is 0 Å². The third-order valence-corrected chi connectivity index (χ3v) is 2.87. The van der Waals surface area contributed by atoms with Crippen molar-refractivity contribution < 1.29 is 14.6 Å². The molecule has 0 bridgehead atoms. The molecule has 82 valence electrons. The zero-order chi connectivity index (χ0) is 10.6. The third kappa shape index (κ3) is 2.45. The maximum Gasteiger partial charge on any atom is 0.321 e. The van der Waals surface area contributed by atoms with Crippen molar-refractivity contribution in [2.75, 3.05) is 26.3 Å². The van der Waals surface area contributed by atoms with Crippen LogP contribution in [0.5, 0.6) is 0 Å². The van der Waals surface area contributed by atoms with Gasteiger partial charge in [-0.2, -0.15) is 0 Å². The standard InChI is InChI=1S/C10H19NO3/c1-3-11(4-2)9(10(12)13)8-5-6-14-7-8/h8-9H,3-7H2,1-2H3,(H,12,13). The predicted octanol–water partition coefficient (Wildman–Crippen LogP) is 0.818. The van der Waals surface area contributed by atoms with Crippen LogP contribution in [0, 0.1) is 5.92 Å². The molecule has 1 aliphatic rings. The maximum atomic E-state index is 11.1. The Bertz CT molecular complexity index is 184. The molecule has 1 fully saturated rings. The van der Waals surface area contributed by atoms with Gasteiger partial charge in [0.2, 0.25) is 0 Å². The Balaban J connectivity index is 2.66. The number of hydrogen-bond donors (Lipinski definition) is 1. The van der Waals surface area contributed by atoms with Crippen molar-refractivity contribution >= 4 is 5.97 Å². The molecule has 1 rings (SSSR count). The Labute approximate surface area is 84.8 Å². The van der Waals surface area contributed by atoms with Crippen molar-refractivity contribution in [2.24, 2.45) is 5.92 Å². The SMILES string of the molecule is CCN(CC)C(C(=O)O)C1CCOC1. The minimum absolute atomic E-state index is 0.160. The van der Waals surface area contributed by atoms with Gasteiger partial charge < -0.3 is 9.84 Å². The van der Waals surface area contributed by atoms with Crippen LogP contribution < -0.4 is 0 Å². The molecule has 0 radical (unpaired) electrons. The average molecular weight is 201 g/mol. The van der Waals surface area contributed by atoms with Crippen LogP contribution >= 0.6 is 0 Å². The van der Waals surface area contributed by atoms with Crippen molar-refractivity contribution in [1.29, 1.82) is 0 Å². The predicted molar refractivity (Wildman–Crippen MR) is 53.3 cm³/mol. The van der Waals surface area contributed by atoms with Gasteiger partial charge in [0, 0.05) is 12.5 Å². The van der Waals surface area contributed by atoms with Crippen molar-refractivity contribution in [3.8, 4) is 0 Å². The molecule has 4 heteroatoms. The Hall–Kier alpha value is -0.610. The summed E-state index contributed by atoms with van der Waals surface area (Å²) in [5, 5.41) is 9.17. The van der Waals surface area contributed by atoms with E-state index in [1.807, 2.05) is 18.7 Å². The minimum Gasteiger partial charge on any atom is -0.480 e. The molecule has 0 aromatic heterocycles. The number of aliphatic carboxylic acids is 1. The topological polar surface area (TPSA) is 49.8 Å². The van der Waals surface area contributed by atoms with Crippen LogP contribution in [0.3, 0.4) is 0 Å². The fraction of sp³-hybridized carbons (Fsp3) is 0.900. The molecule has 0 aromatic rings. The van der Waals surface area contributed by atoms with Crippen molar-refractivity contribution in [3.05, 3.63) is 0 Å². The summed E-state index contributed by atoms with van der Waals surface area (Å²) in [4.78, 5) is 13.1. The highest BCUT2D eigenvalue weighted by Gasteiger charge is 2.34. The zero-order valence-corrected chi connectivity index (χ0v) is 8.90. The molecule has 2 unspecified atom stereocenters. The summed E-state index contributed by atoms with van der Waals surface area (Å²) >= 11 is 0. The van der Waals surface area contributed by atoms with Crippen LogP contribution in [0.4, 0.5) is 0 Å². The van der Waals surface area contributed by atoms with Crippen LogP contribution in [0.1, 0.15) is 20.3 Å². The summed E-state index contributed by atoms with van der Waals surface area (Å²) < 4.78 is 5.24. The Morgan fingerprint density at radius 3 is 2.57 bits per heavy atom. The van der Waals surface area contributed by atoms with Crippen LogP contribution in [0.15, 0.2) is 0 Å². The second-order valence-corrected chi connectivity index (χ2v) is 3.63. The van der Waals surface area contributed by atoms with Gasteiger partial charge in [-0.25, -0.2) is 0 Å².